The van der Waals surface area contributed by atoms with Gasteiger partial charge in [0.2, 0.25) is 0 Å². The van der Waals surface area contributed by atoms with Crippen LogP contribution < -0.4 is 10.2 Å². The van der Waals surface area contributed by atoms with E-state index < -0.39 is 5.97 Å². The Kier molecular flexibility index (Phi) is 6.19. The third-order valence-corrected chi connectivity index (χ3v) is 4.21. The Morgan fingerprint density at radius 2 is 1.64 bits per heavy atom. The maximum atomic E-state index is 12.1. The first-order chi connectivity index (χ1) is 13.5. The molecule has 3 aromatic carbocycles. The molecule has 0 spiro atoms. The molecule has 0 saturated carbocycles. The minimum Gasteiger partial charge on any atom is -0.423 e. The van der Waals surface area contributed by atoms with Crippen molar-refractivity contribution in [2.24, 2.45) is 5.10 Å². The summed E-state index contributed by atoms with van der Waals surface area (Å²) in [7, 11) is 0. The first kappa shape index (κ1) is 19.3. The van der Waals surface area contributed by atoms with E-state index in [4.69, 9.17) is 16.3 Å². The van der Waals surface area contributed by atoms with Gasteiger partial charge >= 0.3 is 5.97 Å². The smallest absolute Gasteiger partial charge is 0.345 e. The number of aryl methyl sites for hydroxylation is 1. The molecular formula is C22H17ClN2O3. The normalized spacial score (nSPS) is 10.6. The van der Waals surface area contributed by atoms with Crippen LogP contribution in [0.2, 0.25) is 5.02 Å². The summed E-state index contributed by atoms with van der Waals surface area (Å²) in [6.07, 6.45) is 1.51. The fourth-order valence-electron chi connectivity index (χ4n) is 2.35. The maximum Gasteiger partial charge on any atom is 0.345 e. The summed E-state index contributed by atoms with van der Waals surface area (Å²) in [6, 6.07) is 20.6. The van der Waals surface area contributed by atoms with E-state index in [0.717, 1.165) is 11.1 Å². The second kappa shape index (κ2) is 8.97. The lowest BCUT2D eigenvalue weighted by Crippen LogP contribution is -2.17. The van der Waals surface area contributed by atoms with Crippen molar-refractivity contribution in [1.29, 1.82) is 0 Å². The molecule has 0 heterocycles. The molecule has 0 radical (unpaired) electrons. The van der Waals surface area contributed by atoms with Crippen LogP contribution in [-0.4, -0.2) is 18.1 Å². The molecule has 5 nitrogen and oxygen atoms in total. The number of hydrogen-bond acceptors (Lipinski definition) is 4. The van der Waals surface area contributed by atoms with Crippen LogP contribution in [0.15, 0.2) is 77.9 Å². The second-order valence-corrected chi connectivity index (χ2v) is 6.41. The predicted octanol–water partition coefficient (Wildman–Crippen LogP) is 4.63. The number of carbonyl (C=O) groups is 2. The quantitative estimate of drug-likeness (QED) is 0.298. The van der Waals surface area contributed by atoms with Crippen molar-refractivity contribution in [3.63, 3.8) is 0 Å². The average molecular weight is 393 g/mol. The van der Waals surface area contributed by atoms with Crippen LogP contribution in [0.25, 0.3) is 0 Å². The Bertz CT molecular complexity index is 1010. The van der Waals surface area contributed by atoms with Gasteiger partial charge in [0.25, 0.3) is 5.91 Å². The Labute approximate surface area is 167 Å². The third-order valence-electron chi connectivity index (χ3n) is 3.88. The molecule has 0 aliphatic heterocycles. The summed E-state index contributed by atoms with van der Waals surface area (Å²) in [5.41, 5.74) is 5.12. The zero-order valence-electron chi connectivity index (χ0n) is 15.1. The van der Waals surface area contributed by atoms with E-state index in [1.807, 2.05) is 19.1 Å². The number of hydrogen-bond donors (Lipinski definition) is 1. The van der Waals surface area contributed by atoms with Crippen LogP contribution in [-0.2, 0) is 0 Å². The van der Waals surface area contributed by atoms with Gasteiger partial charge in [-0.2, -0.15) is 5.10 Å². The number of nitrogens with zero attached hydrogens (tertiary/aromatic N) is 1. The van der Waals surface area contributed by atoms with Crippen LogP contribution in [0, 0.1) is 6.92 Å². The molecule has 0 aromatic heterocycles. The topological polar surface area (TPSA) is 67.8 Å². The largest absolute Gasteiger partial charge is 0.423 e. The highest BCUT2D eigenvalue weighted by Crippen LogP contribution is 2.18. The number of benzene rings is 3. The van der Waals surface area contributed by atoms with Crippen molar-refractivity contribution in [3.8, 4) is 5.75 Å². The van der Waals surface area contributed by atoms with Crippen molar-refractivity contribution >= 4 is 29.7 Å². The van der Waals surface area contributed by atoms with Crippen molar-refractivity contribution in [3.05, 3.63) is 100 Å². The summed E-state index contributed by atoms with van der Waals surface area (Å²) in [6.45, 7) is 1.95. The van der Waals surface area contributed by atoms with Gasteiger partial charge in [-0.1, -0.05) is 41.4 Å². The Balaban J connectivity index is 1.57. The van der Waals surface area contributed by atoms with Crippen LogP contribution in [0.1, 0.15) is 31.8 Å². The minimum absolute atomic E-state index is 0.290. The number of ether oxygens (including phenoxy) is 1. The third kappa shape index (κ3) is 5.05. The van der Waals surface area contributed by atoms with Crippen LogP contribution in [0.5, 0.6) is 5.75 Å². The van der Waals surface area contributed by atoms with Crippen molar-refractivity contribution in [2.75, 3.05) is 0 Å². The Morgan fingerprint density at radius 3 is 2.32 bits per heavy atom. The molecular weight excluding hydrogens is 376 g/mol. The van der Waals surface area contributed by atoms with Crippen LogP contribution >= 0.6 is 11.6 Å². The lowest BCUT2D eigenvalue weighted by atomic mass is 10.1. The minimum atomic E-state index is -0.530. The Morgan fingerprint density at radius 1 is 0.964 bits per heavy atom. The van der Waals surface area contributed by atoms with Gasteiger partial charge < -0.3 is 4.74 Å². The van der Waals surface area contributed by atoms with E-state index in [2.05, 4.69) is 10.5 Å². The van der Waals surface area contributed by atoms with Crippen LogP contribution in [0.3, 0.4) is 0 Å². The first-order valence-electron chi connectivity index (χ1n) is 8.50. The highest BCUT2D eigenvalue weighted by atomic mass is 35.5. The number of hydrazone groups is 1. The molecule has 0 atom stereocenters. The molecule has 0 saturated heterocycles. The molecule has 0 aliphatic rings. The highest BCUT2D eigenvalue weighted by Gasteiger charge is 2.11. The molecule has 0 fully saturated rings. The van der Waals surface area contributed by atoms with Gasteiger partial charge in [0.15, 0.2) is 0 Å². The number of rotatable bonds is 5. The number of amides is 1. The van der Waals surface area contributed by atoms with E-state index in [9.17, 15) is 9.59 Å². The van der Waals surface area contributed by atoms with E-state index in [1.54, 1.807) is 60.7 Å². The summed E-state index contributed by atoms with van der Waals surface area (Å²) in [5, 5.41) is 4.27. The van der Waals surface area contributed by atoms with E-state index in [1.165, 1.54) is 6.21 Å². The standard InChI is InChI=1S/C22H17ClN2O3/c1-15-6-10-17(11-7-15)21(26)25-24-14-16-8-12-18(13-9-16)28-22(27)19-4-2-3-5-20(19)23/h2-14H,1H3,(H,25,26). The van der Waals surface area contributed by atoms with Crippen molar-refractivity contribution in [1.82, 2.24) is 5.43 Å². The number of esters is 1. The van der Waals surface area contributed by atoms with Gasteiger partial charge in [0.05, 0.1) is 16.8 Å². The van der Waals surface area contributed by atoms with Gasteiger partial charge in [-0.15, -0.1) is 0 Å². The SMILES string of the molecule is Cc1ccc(C(=O)NN=Cc2ccc(OC(=O)c3ccccc3Cl)cc2)cc1. The molecule has 1 amide bonds. The number of halogens is 1. The summed E-state index contributed by atoms with van der Waals surface area (Å²) in [4.78, 5) is 24.1. The fraction of sp³-hybridized carbons (Fsp3) is 0.0455. The fourth-order valence-corrected chi connectivity index (χ4v) is 2.56. The molecule has 0 bridgehead atoms. The zero-order valence-corrected chi connectivity index (χ0v) is 15.8. The highest BCUT2D eigenvalue weighted by molar-refractivity contribution is 6.33. The molecule has 28 heavy (non-hydrogen) atoms. The van der Waals surface area contributed by atoms with Gasteiger partial charge in [-0.3, -0.25) is 4.79 Å². The molecule has 1 N–H and O–H groups in total. The van der Waals surface area contributed by atoms with Gasteiger partial charge in [-0.05, 0) is 61.0 Å². The molecule has 6 heteroatoms. The number of carbonyl (C=O) groups excluding carboxylic acids is 2. The zero-order chi connectivity index (χ0) is 19.9. The molecule has 0 aliphatic carbocycles. The average Bonchev–Trinajstić information content (AvgIpc) is 2.70. The van der Waals surface area contributed by atoms with Crippen LogP contribution in [0.4, 0.5) is 0 Å². The van der Waals surface area contributed by atoms with Gasteiger partial charge in [-0.25, -0.2) is 10.2 Å². The van der Waals surface area contributed by atoms with Crippen molar-refractivity contribution < 1.29 is 14.3 Å². The number of nitrogens with one attached hydrogen (secondary N) is 1. The molecule has 0 unspecified atom stereocenters. The summed E-state index contributed by atoms with van der Waals surface area (Å²) >= 11 is 5.99. The van der Waals surface area contributed by atoms with Crippen molar-refractivity contribution in [2.45, 2.75) is 6.92 Å². The molecule has 3 rings (SSSR count). The Hall–Kier alpha value is -3.44. The summed E-state index contributed by atoms with van der Waals surface area (Å²) < 4.78 is 5.31. The molecule has 3 aromatic rings. The van der Waals surface area contributed by atoms with Gasteiger partial charge in [0, 0.05) is 5.56 Å². The second-order valence-electron chi connectivity index (χ2n) is 6.00. The van der Waals surface area contributed by atoms with E-state index in [-0.39, 0.29) is 5.91 Å². The maximum absolute atomic E-state index is 12.1. The van der Waals surface area contributed by atoms with E-state index in [0.29, 0.717) is 21.9 Å². The first-order valence-corrected chi connectivity index (χ1v) is 8.87. The van der Waals surface area contributed by atoms with Gasteiger partial charge in [0.1, 0.15) is 5.75 Å². The predicted molar refractivity (Wildman–Crippen MR) is 109 cm³/mol. The monoisotopic (exact) mass is 392 g/mol. The molecule has 140 valence electrons. The van der Waals surface area contributed by atoms with E-state index >= 15 is 0 Å². The lowest BCUT2D eigenvalue weighted by molar-refractivity contribution is 0.0734. The lowest BCUT2D eigenvalue weighted by Gasteiger charge is -2.06. The summed E-state index contributed by atoms with van der Waals surface area (Å²) in [5.74, 6) is -0.440.